The van der Waals surface area contributed by atoms with Crippen LogP contribution in [0.2, 0.25) is 0 Å². The maximum absolute atomic E-state index is 11.2. The Morgan fingerprint density at radius 2 is 2.00 bits per heavy atom. The summed E-state index contributed by atoms with van der Waals surface area (Å²) in [4.78, 5) is 11.2. The van der Waals surface area contributed by atoms with E-state index >= 15 is 0 Å². The van der Waals surface area contributed by atoms with Crippen LogP contribution in [0.3, 0.4) is 0 Å². The molecule has 1 amide bonds. The molecule has 0 saturated carbocycles. The van der Waals surface area contributed by atoms with Crippen molar-refractivity contribution in [2.75, 3.05) is 13.7 Å². The van der Waals surface area contributed by atoms with E-state index in [2.05, 4.69) is 4.74 Å². The molecule has 8 nitrogen and oxygen atoms in total. The summed E-state index contributed by atoms with van der Waals surface area (Å²) in [5, 5.41) is 37.4. The highest BCUT2D eigenvalue weighted by molar-refractivity contribution is 5.83. The first kappa shape index (κ1) is 13.3. The maximum atomic E-state index is 11.2. The summed E-state index contributed by atoms with van der Waals surface area (Å²) in [7, 11) is 1.05. The third kappa shape index (κ3) is 1.79. The predicted octanol–water partition coefficient (Wildman–Crippen LogP) is -3.71. The Balaban J connectivity index is 3.06. The van der Waals surface area contributed by atoms with Gasteiger partial charge in [-0.3, -0.25) is 4.79 Å². The Hall–Kier alpha value is -0.770. The zero-order valence-electron chi connectivity index (χ0n) is 8.61. The SMILES string of the molecule is COC1(C(N)=O)O[C@H](CO)[C@@H](O)[C@H](O)[C@H]1O. The molecular weight excluding hydrogens is 222 g/mol. The molecule has 1 saturated heterocycles. The molecule has 1 aliphatic rings. The fourth-order valence-electron chi connectivity index (χ4n) is 1.61. The molecule has 1 aliphatic heterocycles. The highest BCUT2D eigenvalue weighted by Crippen LogP contribution is 2.30. The number of hydrogen-bond acceptors (Lipinski definition) is 7. The van der Waals surface area contributed by atoms with Gasteiger partial charge >= 0.3 is 0 Å². The summed E-state index contributed by atoms with van der Waals surface area (Å²) < 4.78 is 9.60. The zero-order chi connectivity index (χ0) is 12.5. The van der Waals surface area contributed by atoms with Crippen molar-refractivity contribution in [1.82, 2.24) is 0 Å². The standard InChI is InChI=1S/C8H15NO7/c1-15-8(7(9)14)6(13)5(12)4(11)3(2-10)16-8/h3-6,10-13H,2H2,1H3,(H2,9,14)/t3-,4-,5+,6-,8?/m1/s1. The molecule has 1 fully saturated rings. The molecule has 1 unspecified atom stereocenters. The molecule has 0 spiro atoms. The van der Waals surface area contributed by atoms with E-state index in [1.807, 2.05) is 0 Å². The molecular formula is C8H15NO7. The normalized spacial score (nSPS) is 44.3. The summed E-state index contributed by atoms with van der Waals surface area (Å²) in [5.74, 6) is -3.43. The largest absolute Gasteiger partial charge is 0.394 e. The Labute approximate surface area is 91.2 Å². The van der Waals surface area contributed by atoms with Gasteiger partial charge in [0.05, 0.1) is 6.61 Å². The summed E-state index contributed by atoms with van der Waals surface area (Å²) in [6.07, 6.45) is -6.36. The van der Waals surface area contributed by atoms with E-state index in [-0.39, 0.29) is 0 Å². The summed E-state index contributed by atoms with van der Waals surface area (Å²) in [5.41, 5.74) is 5.00. The van der Waals surface area contributed by atoms with Crippen LogP contribution in [-0.2, 0) is 14.3 Å². The lowest BCUT2D eigenvalue weighted by Gasteiger charge is -2.45. The molecule has 0 radical (unpaired) electrons. The van der Waals surface area contributed by atoms with Crippen molar-refractivity contribution in [2.45, 2.75) is 30.2 Å². The average molecular weight is 237 g/mol. The van der Waals surface area contributed by atoms with Gasteiger partial charge in [0, 0.05) is 7.11 Å². The highest BCUT2D eigenvalue weighted by atomic mass is 16.7. The molecule has 1 heterocycles. The van der Waals surface area contributed by atoms with Crippen LogP contribution in [0.15, 0.2) is 0 Å². The first-order valence-corrected chi connectivity index (χ1v) is 4.58. The molecule has 8 heteroatoms. The molecule has 0 aromatic rings. The van der Waals surface area contributed by atoms with Crippen molar-refractivity contribution in [2.24, 2.45) is 5.73 Å². The summed E-state index contributed by atoms with van der Waals surface area (Å²) in [6, 6.07) is 0. The maximum Gasteiger partial charge on any atom is 0.280 e. The number of carbonyl (C=O) groups is 1. The van der Waals surface area contributed by atoms with Gasteiger partial charge in [0.2, 0.25) is 0 Å². The molecule has 6 N–H and O–H groups in total. The van der Waals surface area contributed by atoms with Crippen molar-refractivity contribution in [1.29, 1.82) is 0 Å². The summed E-state index contributed by atoms with van der Waals surface area (Å²) >= 11 is 0. The van der Waals surface area contributed by atoms with E-state index in [0.717, 1.165) is 7.11 Å². The third-order valence-corrected chi connectivity index (χ3v) is 2.60. The van der Waals surface area contributed by atoms with Gasteiger partial charge in [-0.1, -0.05) is 0 Å². The van der Waals surface area contributed by atoms with Gasteiger partial charge in [-0.25, -0.2) is 0 Å². The van der Waals surface area contributed by atoms with Crippen molar-refractivity contribution in [3.05, 3.63) is 0 Å². The third-order valence-electron chi connectivity index (χ3n) is 2.60. The molecule has 94 valence electrons. The number of rotatable bonds is 3. The van der Waals surface area contributed by atoms with Gasteiger partial charge in [-0.15, -0.1) is 0 Å². The Morgan fingerprint density at radius 3 is 2.38 bits per heavy atom. The zero-order valence-corrected chi connectivity index (χ0v) is 8.61. The van der Waals surface area contributed by atoms with Crippen LogP contribution in [0.1, 0.15) is 0 Å². The van der Waals surface area contributed by atoms with E-state index < -0.39 is 42.7 Å². The molecule has 5 atom stereocenters. The van der Waals surface area contributed by atoms with Gasteiger partial charge < -0.3 is 35.6 Å². The van der Waals surface area contributed by atoms with Crippen LogP contribution < -0.4 is 5.73 Å². The van der Waals surface area contributed by atoms with Gasteiger partial charge in [-0.2, -0.15) is 0 Å². The Kier molecular flexibility index (Phi) is 3.84. The molecule has 0 aromatic carbocycles. The van der Waals surface area contributed by atoms with E-state index in [1.54, 1.807) is 0 Å². The fraction of sp³-hybridized carbons (Fsp3) is 0.875. The Bertz CT molecular complexity index is 271. The number of aliphatic hydroxyl groups is 4. The van der Waals surface area contributed by atoms with E-state index in [9.17, 15) is 20.1 Å². The quantitative estimate of drug-likeness (QED) is 0.340. The smallest absolute Gasteiger partial charge is 0.280 e. The number of hydrogen-bond donors (Lipinski definition) is 5. The van der Waals surface area contributed by atoms with Crippen molar-refractivity contribution in [3.8, 4) is 0 Å². The molecule has 16 heavy (non-hydrogen) atoms. The van der Waals surface area contributed by atoms with E-state index in [0.29, 0.717) is 0 Å². The number of carbonyl (C=O) groups excluding carboxylic acids is 1. The summed E-state index contributed by atoms with van der Waals surface area (Å²) in [6.45, 7) is -0.663. The lowest BCUT2D eigenvalue weighted by atomic mass is 9.92. The second-order valence-electron chi connectivity index (χ2n) is 3.50. The molecule has 0 aliphatic carbocycles. The van der Waals surface area contributed by atoms with Crippen LogP contribution in [0, 0.1) is 0 Å². The first-order chi connectivity index (χ1) is 7.40. The minimum absolute atomic E-state index is 0.663. The van der Waals surface area contributed by atoms with Crippen LogP contribution in [-0.4, -0.2) is 70.3 Å². The van der Waals surface area contributed by atoms with Crippen LogP contribution in [0.5, 0.6) is 0 Å². The Morgan fingerprint density at radius 1 is 1.44 bits per heavy atom. The van der Waals surface area contributed by atoms with Crippen LogP contribution in [0.4, 0.5) is 0 Å². The van der Waals surface area contributed by atoms with E-state index in [1.165, 1.54) is 0 Å². The van der Waals surface area contributed by atoms with Gasteiger partial charge in [0.25, 0.3) is 11.7 Å². The van der Waals surface area contributed by atoms with Crippen molar-refractivity contribution in [3.63, 3.8) is 0 Å². The monoisotopic (exact) mass is 237 g/mol. The second-order valence-corrected chi connectivity index (χ2v) is 3.50. The minimum atomic E-state index is -2.27. The van der Waals surface area contributed by atoms with Gasteiger partial charge in [-0.05, 0) is 0 Å². The fourth-order valence-corrected chi connectivity index (χ4v) is 1.61. The number of amides is 1. The lowest BCUT2D eigenvalue weighted by molar-refractivity contribution is -0.338. The number of methoxy groups -OCH3 is 1. The highest BCUT2D eigenvalue weighted by Gasteiger charge is 2.57. The second kappa shape index (κ2) is 4.62. The lowest BCUT2D eigenvalue weighted by Crippen LogP contribution is -2.70. The van der Waals surface area contributed by atoms with Crippen LogP contribution >= 0.6 is 0 Å². The van der Waals surface area contributed by atoms with Gasteiger partial charge in [0.15, 0.2) is 0 Å². The topological polar surface area (TPSA) is 142 Å². The average Bonchev–Trinajstić information content (AvgIpc) is 2.27. The number of aliphatic hydroxyl groups excluding tert-OH is 4. The first-order valence-electron chi connectivity index (χ1n) is 4.58. The van der Waals surface area contributed by atoms with Crippen LogP contribution in [0.25, 0.3) is 0 Å². The predicted molar refractivity (Wildman–Crippen MR) is 48.9 cm³/mol. The number of primary amides is 1. The van der Waals surface area contributed by atoms with Crippen molar-refractivity contribution < 1.29 is 34.7 Å². The molecule has 0 bridgehead atoms. The number of nitrogens with two attached hydrogens (primary N) is 1. The molecule has 1 rings (SSSR count). The van der Waals surface area contributed by atoms with Crippen molar-refractivity contribution >= 4 is 5.91 Å². The number of ether oxygens (including phenoxy) is 2. The molecule has 0 aromatic heterocycles. The van der Waals surface area contributed by atoms with E-state index in [4.69, 9.17) is 15.6 Å². The minimum Gasteiger partial charge on any atom is -0.394 e. The van der Waals surface area contributed by atoms with Gasteiger partial charge in [0.1, 0.15) is 24.4 Å².